The summed E-state index contributed by atoms with van der Waals surface area (Å²) in [5, 5.41) is 11.9. The van der Waals surface area contributed by atoms with Crippen LogP contribution < -0.4 is 10.1 Å². The van der Waals surface area contributed by atoms with Crippen molar-refractivity contribution in [2.24, 2.45) is 5.92 Å². The molecule has 0 bridgehead atoms. The van der Waals surface area contributed by atoms with Crippen LogP contribution >= 0.6 is 0 Å². The maximum Gasteiger partial charge on any atom is 0.238 e. The van der Waals surface area contributed by atoms with Gasteiger partial charge < -0.3 is 15.2 Å². The van der Waals surface area contributed by atoms with Gasteiger partial charge in [-0.3, -0.25) is 9.69 Å². The number of carbonyl (C=O) groups is 1. The third-order valence-corrected chi connectivity index (χ3v) is 3.86. The highest BCUT2D eigenvalue weighted by Crippen LogP contribution is 2.20. The van der Waals surface area contributed by atoms with Crippen molar-refractivity contribution < 1.29 is 14.6 Å². The number of hydrogen-bond donors (Lipinski definition) is 2. The normalized spacial score (nSPS) is 19.2. The summed E-state index contributed by atoms with van der Waals surface area (Å²) in [7, 11) is 1.61. The quantitative estimate of drug-likeness (QED) is 0.838. The molecule has 0 spiro atoms. The Kier molecular flexibility index (Phi) is 6.02. The molecule has 2 rings (SSSR count). The first-order valence-corrected chi connectivity index (χ1v) is 7.48. The molecule has 0 aliphatic carbocycles. The second-order valence-electron chi connectivity index (χ2n) is 5.54. The Morgan fingerprint density at radius 3 is 3.14 bits per heavy atom. The number of rotatable bonds is 6. The molecule has 21 heavy (non-hydrogen) atoms. The molecule has 116 valence electrons. The van der Waals surface area contributed by atoms with Gasteiger partial charge in [0.1, 0.15) is 5.75 Å². The van der Waals surface area contributed by atoms with Gasteiger partial charge in [-0.15, -0.1) is 0 Å². The van der Waals surface area contributed by atoms with Crippen LogP contribution in [0, 0.1) is 5.92 Å². The zero-order valence-electron chi connectivity index (χ0n) is 12.5. The Balaban J connectivity index is 1.83. The minimum absolute atomic E-state index is 0.00657. The SMILES string of the molecule is COc1cccc(NC(=O)CN2CCCC(CCO)C2)c1. The molecule has 1 aromatic carbocycles. The average molecular weight is 292 g/mol. The summed E-state index contributed by atoms with van der Waals surface area (Å²) in [6, 6.07) is 7.36. The van der Waals surface area contributed by atoms with Gasteiger partial charge in [-0.2, -0.15) is 0 Å². The fraction of sp³-hybridized carbons (Fsp3) is 0.562. The molecule has 0 saturated carbocycles. The van der Waals surface area contributed by atoms with Crippen LogP contribution in [0.2, 0.25) is 0 Å². The number of carbonyl (C=O) groups excluding carboxylic acids is 1. The Hall–Kier alpha value is -1.59. The molecule has 0 aromatic heterocycles. The molecule has 1 aromatic rings. The molecular formula is C16H24N2O3. The summed E-state index contributed by atoms with van der Waals surface area (Å²) in [4.78, 5) is 14.3. The van der Waals surface area contributed by atoms with Gasteiger partial charge in [0.05, 0.1) is 13.7 Å². The van der Waals surface area contributed by atoms with Gasteiger partial charge in [0, 0.05) is 24.9 Å². The van der Waals surface area contributed by atoms with Crippen LogP contribution in [0.25, 0.3) is 0 Å². The zero-order valence-corrected chi connectivity index (χ0v) is 12.5. The van der Waals surface area contributed by atoms with Gasteiger partial charge in [0.15, 0.2) is 0 Å². The second-order valence-corrected chi connectivity index (χ2v) is 5.54. The predicted molar refractivity (Wildman–Crippen MR) is 82.5 cm³/mol. The molecule has 1 amide bonds. The van der Waals surface area contributed by atoms with E-state index in [-0.39, 0.29) is 12.5 Å². The smallest absolute Gasteiger partial charge is 0.238 e. The van der Waals surface area contributed by atoms with Crippen molar-refractivity contribution in [1.82, 2.24) is 4.90 Å². The molecule has 1 saturated heterocycles. The summed E-state index contributed by atoms with van der Waals surface area (Å²) in [6.45, 7) is 2.48. The van der Waals surface area contributed by atoms with E-state index in [2.05, 4.69) is 10.2 Å². The third kappa shape index (κ3) is 5.02. The van der Waals surface area contributed by atoms with E-state index in [9.17, 15) is 4.79 Å². The molecule has 5 nitrogen and oxygen atoms in total. The first-order valence-electron chi connectivity index (χ1n) is 7.48. The monoisotopic (exact) mass is 292 g/mol. The zero-order chi connectivity index (χ0) is 15.1. The lowest BCUT2D eigenvalue weighted by atomic mass is 9.95. The Morgan fingerprint density at radius 1 is 1.52 bits per heavy atom. The molecule has 1 fully saturated rings. The molecule has 1 aliphatic heterocycles. The summed E-state index contributed by atoms with van der Waals surface area (Å²) >= 11 is 0. The number of anilines is 1. The maximum absolute atomic E-state index is 12.1. The van der Waals surface area contributed by atoms with Crippen molar-refractivity contribution in [3.63, 3.8) is 0 Å². The number of nitrogens with zero attached hydrogens (tertiary/aromatic N) is 1. The summed E-state index contributed by atoms with van der Waals surface area (Å²) in [6.07, 6.45) is 3.07. The highest BCUT2D eigenvalue weighted by Gasteiger charge is 2.21. The van der Waals surface area contributed by atoms with Crippen molar-refractivity contribution >= 4 is 11.6 Å². The lowest BCUT2D eigenvalue weighted by Gasteiger charge is -2.31. The maximum atomic E-state index is 12.1. The standard InChI is InChI=1S/C16H24N2O3/c1-21-15-6-2-5-14(10-15)17-16(20)12-18-8-3-4-13(11-18)7-9-19/h2,5-6,10,13,19H,3-4,7-9,11-12H2,1H3,(H,17,20). The van der Waals surface area contributed by atoms with E-state index in [4.69, 9.17) is 9.84 Å². The van der Waals surface area contributed by atoms with Crippen molar-refractivity contribution in [2.75, 3.05) is 38.7 Å². The van der Waals surface area contributed by atoms with Crippen LogP contribution in [0.3, 0.4) is 0 Å². The Labute approximate surface area is 125 Å². The van der Waals surface area contributed by atoms with Crippen molar-refractivity contribution in [3.8, 4) is 5.75 Å². The van der Waals surface area contributed by atoms with E-state index < -0.39 is 0 Å². The molecular weight excluding hydrogens is 268 g/mol. The van der Waals surface area contributed by atoms with Gasteiger partial charge >= 0.3 is 0 Å². The summed E-state index contributed by atoms with van der Waals surface area (Å²) in [5.41, 5.74) is 0.753. The van der Waals surface area contributed by atoms with E-state index >= 15 is 0 Å². The van der Waals surface area contributed by atoms with Crippen molar-refractivity contribution in [2.45, 2.75) is 19.3 Å². The minimum atomic E-state index is -0.00657. The molecule has 1 heterocycles. The van der Waals surface area contributed by atoms with Crippen molar-refractivity contribution in [1.29, 1.82) is 0 Å². The van der Waals surface area contributed by atoms with Crippen LogP contribution in [0.4, 0.5) is 5.69 Å². The lowest BCUT2D eigenvalue weighted by molar-refractivity contribution is -0.117. The van der Waals surface area contributed by atoms with E-state index in [1.165, 1.54) is 0 Å². The van der Waals surface area contributed by atoms with E-state index in [1.807, 2.05) is 24.3 Å². The van der Waals surface area contributed by atoms with Crippen LogP contribution in [-0.2, 0) is 4.79 Å². The highest BCUT2D eigenvalue weighted by molar-refractivity contribution is 5.92. The molecule has 2 N–H and O–H groups in total. The number of likely N-dealkylation sites (tertiary alicyclic amines) is 1. The number of aliphatic hydroxyl groups is 1. The number of aliphatic hydroxyl groups excluding tert-OH is 1. The lowest BCUT2D eigenvalue weighted by Crippen LogP contribution is -2.40. The minimum Gasteiger partial charge on any atom is -0.497 e. The van der Waals surface area contributed by atoms with Gasteiger partial charge in [-0.1, -0.05) is 6.07 Å². The summed E-state index contributed by atoms with van der Waals surface area (Å²) in [5.74, 6) is 1.23. The van der Waals surface area contributed by atoms with Crippen molar-refractivity contribution in [3.05, 3.63) is 24.3 Å². The fourth-order valence-corrected chi connectivity index (χ4v) is 2.82. The molecule has 0 radical (unpaired) electrons. The van der Waals surface area contributed by atoms with E-state index in [0.717, 1.165) is 43.8 Å². The third-order valence-electron chi connectivity index (χ3n) is 3.86. The molecule has 1 aliphatic rings. The molecule has 1 atom stereocenters. The number of piperidine rings is 1. The second kappa shape index (κ2) is 8.00. The van der Waals surface area contributed by atoms with E-state index in [0.29, 0.717) is 12.5 Å². The summed E-state index contributed by atoms with van der Waals surface area (Å²) < 4.78 is 5.14. The van der Waals surface area contributed by atoms with Crippen LogP contribution in [-0.4, -0.2) is 49.3 Å². The highest BCUT2D eigenvalue weighted by atomic mass is 16.5. The van der Waals surface area contributed by atoms with Gasteiger partial charge in [0.2, 0.25) is 5.91 Å². The number of nitrogens with one attached hydrogen (secondary N) is 1. The van der Waals surface area contributed by atoms with Crippen LogP contribution in [0.5, 0.6) is 5.75 Å². The Bertz CT molecular complexity index is 463. The van der Waals surface area contributed by atoms with Gasteiger partial charge in [0.25, 0.3) is 0 Å². The number of amides is 1. The van der Waals surface area contributed by atoms with Crippen LogP contribution in [0.15, 0.2) is 24.3 Å². The van der Waals surface area contributed by atoms with Gasteiger partial charge in [-0.05, 0) is 43.9 Å². The molecule has 1 unspecified atom stereocenters. The largest absolute Gasteiger partial charge is 0.497 e. The van der Waals surface area contributed by atoms with Gasteiger partial charge in [-0.25, -0.2) is 0 Å². The average Bonchev–Trinajstić information content (AvgIpc) is 2.48. The van der Waals surface area contributed by atoms with Crippen LogP contribution in [0.1, 0.15) is 19.3 Å². The van der Waals surface area contributed by atoms with E-state index in [1.54, 1.807) is 7.11 Å². The number of methoxy groups -OCH3 is 1. The number of ether oxygens (including phenoxy) is 1. The first kappa shape index (κ1) is 15.8. The fourth-order valence-electron chi connectivity index (χ4n) is 2.82. The first-order chi connectivity index (χ1) is 10.2. The molecule has 5 heteroatoms. The Morgan fingerprint density at radius 2 is 2.38 bits per heavy atom. The topological polar surface area (TPSA) is 61.8 Å². The predicted octanol–water partition coefficient (Wildman–Crippen LogP) is 1.73. The number of benzene rings is 1. The number of hydrogen-bond acceptors (Lipinski definition) is 4.